The number of amides is 1. The second-order valence-corrected chi connectivity index (χ2v) is 8.22. The molecule has 8 nitrogen and oxygen atoms in total. The van der Waals surface area contributed by atoms with Gasteiger partial charge in [0, 0.05) is 43.5 Å². The predicted octanol–water partition coefficient (Wildman–Crippen LogP) is 3.10. The van der Waals surface area contributed by atoms with Crippen LogP contribution < -0.4 is 10.9 Å². The van der Waals surface area contributed by atoms with E-state index in [9.17, 15) is 9.59 Å². The molecule has 0 saturated heterocycles. The van der Waals surface area contributed by atoms with Crippen molar-refractivity contribution in [3.63, 3.8) is 0 Å². The predicted molar refractivity (Wildman–Crippen MR) is 127 cm³/mol. The number of aromatic nitrogens is 5. The molecule has 1 amide bonds. The van der Waals surface area contributed by atoms with Crippen LogP contribution in [0.1, 0.15) is 21.6 Å². The Balaban J connectivity index is 1.34. The summed E-state index contributed by atoms with van der Waals surface area (Å²) in [7, 11) is 1.81. The first-order valence-corrected chi connectivity index (χ1v) is 10.8. The smallest absolute Gasteiger partial charge is 0.276 e. The zero-order valence-electron chi connectivity index (χ0n) is 18.7. The molecule has 166 valence electrons. The molecule has 0 aliphatic carbocycles. The van der Waals surface area contributed by atoms with Gasteiger partial charge in [0.1, 0.15) is 5.52 Å². The first-order valence-electron chi connectivity index (χ1n) is 10.8. The minimum atomic E-state index is -0.262. The number of carbonyl (C=O) groups is 1. The molecular formula is C25H24N6O2. The lowest BCUT2D eigenvalue weighted by Gasteiger charge is -2.07. The zero-order valence-corrected chi connectivity index (χ0v) is 18.7. The molecular weight excluding hydrogens is 416 g/mol. The van der Waals surface area contributed by atoms with Crippen LogP contribution in [0.5, 0.6) is 0 Å². The molecule has 0 spiro atoms. The number of rotatable bonds is 5. The van der Waals surface area contributed by atoms with Crippen molar-refractivity contribution < 1.29 is 4.79 Å². The highest BCUT2D eigenvalue weighted by molar-refractivity contribution is 6.04. The van der Waals surface area contributed by atoms with E-state index in [-0.39, 0.29) is 11.5 Å². The standard InChI is InChI=1S/C25H24N6O2/c1-16-8-9-18(17(2)14-16)20-15-22-25(33)30(12-13-31(22)27-20)11-10-26-24(32)23-19-6-4-5-7-21(19)29(3)28-23/h4-9,12-15H,10-11H2,1-3H3,(H,26,32). The number of fused-ring (bicyclic) bond motifs is 2. The number of benzene rings is 2. The van der Waals surface area contributed by atoms with E-state index in [2.05, 4.69) is 21.6 Å². The molecule has 33 heavy (non-hydrogen) atoms. The third-order valence-corrected chi connectivity index (χ3v) is 5.87. The van der Waals surface area contributed by atoms with E-state index in [1.54, 1.807) is 26.2 Å². The largest absolute Gasteiger partial charge is 0.349 e. The van der Waals surface area contributed by atoms with Crippen LogP contribution in [0.25, 0.3) is 27.7 Å². The van der Waals surface area contributed by atoms with Crippen molar-refractivity contribution in [1.29, 1.82) is 0 Å². The van der Waals surface area contributed by atoms with E-state index in [0.717, 1.165) is 27.7 Å². The fourth-order valence-electron chi connectivity index (χ4n) is 4.19. The van der Waals surface area contributed by atoms with Gasteiger partial charge in [-0.3, -0.25) is 14.3 Å². The van der Waals surface area contributed by atoms with E-state index in [1.165, 1.54) is 5.56 Å². The molecule has 0 saturated carbocycles. The Hall–Kier alpha value is -4.20. The molecule has 1 N–H and O–H groups in total. The van der Waals surface area contributed by atoms with Crippen molar-refractivity contribution in [2.45, 2.75) is 20.4 Å². The molecule has 8 heteroatoms. The number of aryl methyl sites for hydroxylation is 3. The molecule has 0 aliphatic heterocycles. The minimum absolute atomic E-state index is 0.154. The zero-order chi connectivity index (χ0) is 23.1. The summed E-state index contributed by atoms with van der Waals surface area (Å²) in [5.74, 6) is -0.262. The summed E-state index contributed by atoms with van der Waals surface area (Å²) >= 11 is 0. The summed E-state index contributed by atoms with van der Waals surface area (Å²) in [6.07, 6.45) is 3.45. The van der Waals surface area contributed by atoms with Crippen LogP contribution in [0, 0.1) is 13.8 Å². The number of carbonyl (C=O) groups excluding carboxylic acids is 1. The maximum atomic E-state index is 13.0. The average Bonchev–Trinajstić information content (AvgIpc) is 3.37. The van der Waals surface area contributed by atoms with Crippen LogP contribution >= 0.6 is 0 Å². The highest BCUT2D eigenvalue weighted by atomic mass is 16.2. The summed E-state index contributed by atoms with van der Waals surface area (Å²) in [6.45, 7) is 4.74. The van der Waals surface area contributed by atoms with Gasteiger partial charge in [-0.1, -0.05) is 42.0 Å². The van der Waals surface area contributed by atoms with Gasteiger partial charge in [0.15, 0.2) is 5.69 Å². The van der Waals surface area contributed by atoms with Gasteiger partial charge in [-0.25, -0.2) is 4.52 Å². The molecule has 0 bridgehead atoms. The van der Waals surface area contributed by atoms with E-state index in [4.69, 9.17) is 0 Å². The van der Waals surface area contributed by atoms with Crippen LogP contribution in [-0.4, -0.2) is 36.4 Å². The second kappa shape index (κ2) is 8.05. The molecule has 0 radical (unpaired) electrons. The van der Waals surface area contributed by atoms with Crippen molar-refractivity contribution in [3.05, 3.63) is 88.1 Å². The van der Waals surface area contributed by atoms with Gasteiger partial charge >= 0.3 is 0 Å². The highest BCUT2D eigenvalue weighted by Gasteiger charge is 2.16. The number of nitrogens with zero attached hydrogens (tertiary/aromatic N) is 5. The number of hydrogen-bond acceptors (Lipinski definition) is 4. The molecule has 5 aromatic rings. The van der Waals surface area contributed by atoms with Gasteiger partial charge in [0.05, 0.1) is 11.2 Å². The topological polar surface area (TPSA) is 86.2 Å². The lowest BCUT2D eigenvalue weighted by molar-refractivity contribution is 0.0948. The van der Waals surface area contributed by atoms with Gasteiger partial charge in [0.25, 0.3) is 11.5 Å². The van der Waals surface area contributed by atoms with E-state index in [0.29, 0.717) is 24.3 Å². The fourth-order valence-corrected chi connectivity index (χ4v) is 4.19. The summed E-state index contributed by atoms with van der Waals surface area (Å²) in [6, 6.07) is 15.6. The maximum Gasteiger partial charge on any atom is 0.276 e. The lowest BCUT2D eigenvalue weighted by Crippen LogP contribution is -2.31. The average molecular weight is 441 g/mol. The Kier molecular flexibility index (Phi) is 5.05. The molecule has 3 heterocycles. The Morgan fingerprint density at radius 2 is 1.82 bits per heavy atom. The molecule has 0 fully saturated rings. The molecule has 3 aromatic heterocycles. The van der Waals surface area contributed by atoms with Crippen LogP contribution in [0.2, 0.25) is 0 Å². The van der Waals surface area contributed by atoms with Crippen molar-refractivity contribution in [2.24, 2.45) is 7.05 Å². The Morgan fingerprint density at radius 1 is 1.00 bits per heavy atom. The summed E-state index contributed by atoms with van der Waals surface area (Å²) < 4.78 is 4.88. The minimum Gasteiger partial charge on any atom is -0.349 e. The number of nitrogens with one attached hydrogen (secondary N) is 1. The summed E-state index contributed by atoms with van der Waals surface area (Å²) in [5, 5.41) is 12.6. The van der Waals surface area contributed by atoms with Crippen molar-refractivity contribution in [2.75, 3.05) is 6.54 Å². The van der Waals surface area contributed by atoms with Gasteiger partial charge in [-0.05, 0) is 31.5 Å². The third-order valence-electron chi connectivity index (χ3n) is 5.87. The van der Waals surface area contributed by atoms with Crippen molar-refractivity contribution >= 4 is 22.3 Å². The molecule has 0 atom stereocenters. The maximum absolute atomic E-state index is 13.0. The van der Waals surface area contributed by atoms with Gasteiger partial charge in [-0.15, -0.1) is 0 Å². The van der Waals surface area contributed by atoms with Gasteiger partial charge in [0.2, 0.25) is 0 Å². The molecule has 0 unspecified atom stereocenters. The quantitative estimate of drug-likeness (QED) is 0.455. The second-order valence-electron chi connectivity index (χ2n) is 8.22. The summed E-state index contributed by atoms with van der Waals surface area (Å²) in [4.78, 5) is 25.7. The van der Waals surface area contributed by atoms with Crippen LogP contribution in [0.15, 0.2) is 65.7 Å². The van der Waals surface area contributed by atoms with Crippen molar-refractivity contribution in [1.82, 2.24) is 29.3 Å². The van der Waals surface area contributed by atoms with E-state index >= 15 is 0 Å². The Morgan fingerprint density at radius 3 is 2.64 bits per heavy atom. The first-order chi connectivity index (χ1) is 15.9. The van der Waals surface area contributed by atoms with Gasteiger partial charge < -0.3 is 9.88 Å². The summed E-state index contributed by atoms with van der Waals surface area (Å²) in [5.41, 5.74) is 5.68. The molecule has 2 aromatic carbocycles. The highest BCUT2D eigenvalue weighted by Crippen LogP contribution is 2.23. The molecule has 5 rings (SSSR count). The number of hydrogen-bond donors (Lipinski definition) is 1. The van der Waals surface area contributed by atoms with E-state index in [1.807, 2.05) is 63.4 Å². The SMILES string of the molecule is Cc1ccc(-c2cc3c(=O)n(CCNC(=O)c4nn(C)c5ccccc45)ccn3n2)c(C)c1. The van der Waals surface area contributed by atoms with Crippen molar-refractivity contribution in [3.8, 4) is 11.3 Å². The van der Waals surface area contributed by atoms with E-state index < -0.39 is 0 Å². The van der Waals surface area contributed by atoms with Crippen LogP contribution in [0.4, 0.5) is 0 Å². The first kappa shape index (κ1) is 20.7. The van der Waals surface area contributed by atoms with Crippen LogP contribution in [0.3, 0.4) is 0 Å². The van der Waals surface area contributed by atoms with Gasteiger partial charge in [-0.2, -0.15) is 10.2 Å². The molecule has 0 aliphatic rings. The lowest BCUT2D eigenvalue weighted by atomic mass is 10.0. The fraction of sp³-hybridized carbons (Fsp3) is 0.200. The normalized spacial score (nSPS) is 11.4. The third kappa shape index (κ3) is 3.69. The van der Waals surface area contributed by atoms with Crippen LogP contribution in [-0.2, 0) is 13.6 Å². The number of para-hydroxylation sites is 1. The Bertz CT molecular complexity index is 1570. The Labute approximate surface area is 190 Å². The monoisotopic (exact) mass is 440 g/mol.